The van der Waals surface area contributed by atoms with Crippen LogP contribution in [0.1, 0.15) is 18.1 Å². The van der Waals surface area contributed by atoms with Crippen LogP contribution in [0.2, 0.25) is 0 Å². The molecule has 1 aromatic carbocycles. The molecular formula is C10H10. The van der Waals surface area contributed by atoms with Crippen LogP contribution in [0.3, 0.4) is 0 Å². The Bertz CT molecular complexity index is 253. The summed E-state index contributed by atoms with van der Waals surface area (Å²) >= 11 is 0. The predicted octanol–water partition coefficient (Wildman–Crippen LogP) is 2.23. The highest BCUT2D eigenvalue weighted by Crippen LogP contribution is 2.03. The van der Waals surface area contributed by atoms with Gasteiger partial charge in [0.25, 0.3) is 0 Å². The molecule has 0 aliphatic heterocycles. The molecule has 0 spiro atoms. The summed E-state index contributed by atoms with van der Waals surface area (Å²) in [4.78, 5) is 0. The van der Waals surface area contributed by atoms with Crippen molar-refractivity contribution in [1.82, 2.24) is 0 Å². The van der Waals surface area contributed by atoms with Crippen molar-refractivity contribution >= 4 is 0 Å². The van der Waals surface area contributed by atoms with E-state index in [0.29, 0.717) is 0 Å². The third kappa shape index (κ3) is 1.39. The van der Waals surface area contributed by atoms with Crippen LogP contribution in [0.15, 0.2) is 24.3 Å². The molecule has 0 nitrogen and oxygen atoms in total. The van der Waals surface area contributed by atoms with E-state index in [2.05, 4.69) is 18.9 Å². The quantitative estimate of drug-likeness (QED) is 0.511. The lowest BCUT2D eigenvalue weighted by atomic mass is 10.1. The van der Waals surface area contributed by atoms with Gasteiger partial charge >= 0.3 is 0 Å². The summed E-state index contributed by atoms with van der Waals surface area (Å²) in [5, 5.41) is 0. The van der Waals surface area contributed by atoms with Crippen LogP contribution < -0.4 is 0 Å². The molecule has 0 aliphatic rings. The summed E-state index contributed by atoms with van der Waals surface area (Å²) < 4.78 is 0. The fraction of sp³-hybridized carbons (Fsp3) is 0.200. The predicted molar refractivity (Wildman–Crippen MR) is 43.8 cm³/mol. The third-order valence-electron chi connectivity index (χ3n) is 1.50. The first-order valence-electron chi connectivity index (χ1n) is 3.42. The Balaban J connectivity index is 3.01. The molecule has 0 saturated carbocycles. The zero-order valence-corrected chi connectivity index (χ0v) is 6.09. The molecule has 0 amide bonds. The normalized spacial score (nSPS) is 8.80. The highest BCUT2D eigenvalue weighted by Gasteiger charge is 1.88. The molecule has 0 heteroatoms. The van der Waals surface area contributed by atoms with Gasteiger partial charge in [-0.05, 0) is 24.1 Å². The van der Waals surface area contributed by atoms with Gasteiger partial charge in [0, 0.05) is 5.56 Å². The van der Waals surface area contributed by atoms with Gasteiger partial charge in [0.05, 0.1) is 0 Å². The summed E-state index contributed by atoms with van der Waals surface area (Å²) in [6, 6.07) is 8.06. The second-order valence-electron chi connectivity index (χ2n) is 2.20. The van der Waals surface area contributed by atoms with Crippen molar-refractivity contribution in [2.45, 2.75) is 13.3 Å². The summed E-state index contributed by atoms with van der Waals surface area (Å²) in [5.41, 5.74) is 2.27. The minimum absolute atomic E-state index is 0.972. The maximum absolute atomic E-state index is 5.22. The highest BCUT2D eigenvalue weighted by atomic mass is 13.9. The average molecular weight is 130 g/mol. The molecule has 0 aromatic heterocycles. The average Bonchev–Trinajstić information content (AvgIpc) is 2.05. The Labute approximate surface area is 61.9 Å². The molecule has 0 saturated heterocycles. The van der Waals surface area contributed by atoms with E-state index in [9.17, 15) is 0 Å². The maximum atomic E-state index is 5.22. The van der Waals surface area contributed by atoms with E-state index in [1.165, 1.54) is 5.56 Å². The van der Waals surface area contributed by atoms with Gasteiger partial charge in [-0.1, -0.05) is 25.0 Å². The molecule has 0 aliphatic carbocycles. The summed E-state index contributed by atoms with van der Waals surface area (Å²) in [5.74, 6) is 2.60. The van der Waals surface area contributed by atoms with Gasteiger partial charge in [0.1, 0.15) is 0 Å². The van der Waals surface area contributed by atoms with E-state index in [4.69, 9.17) is 6.42 Å². The molecule has 0 radical (unpaired) electrons. The van der Waals surface area contributed by atoms with E-state index in [-0.39, 0.29) is 0 Å². The first-order chi connectivity index (χ1) is 4.86. The molecule has 0 fully saturated rings. The molecule has 1 aromatic rings. The zero-order chi connectivity index (χ0) is 7.40. The topological polar surface area (TPSA) is 0 Å². The zero-order valence-electron chi connectivity index (χ0n) is 6.09. The summed E-state index contributed by atoms with van der Waals surface area (Å²) in [6.07, 6.45) is 6.27. The van der Waals surface area contributed by atoms with Gasteiger partial charge in [-0.3, -0.25) is 0 Å². The van der Waals surface area contributed by atoms with Gasteiger partial charge in [-0.25, -0.2) is 0 Å². The molecule has 10 heavy (non-hydrogen) atoms. The third-order valence-corrected chi connectivity index (χ3v) is 1.50. The van der Waals surface area contributed by atoms with Crippen molar-refractivity contribution in [3.05, 3.63) is 35.4 Å². The van der Waals surface area contributed by atoms with Crippen molar-refractivity contribution in [1.29, 1.82) is 0 Å². The van der Waals surface area contributed by atoms with Crippen LogP contribution in [0.5, 0.6) is 0 Å². The Hall–Kier alpha value is -1.22. The van der Waals surface area contributed by atoms with Crippen LogP contribution in [0, 0.1) is 12.3 Å². The Kier molecular flexibility index (Phi) is 2.12. The fourth-order valence-electron chi connectivity index (χ4n) is 0.881. The standard InChI is InChI=1S/C10H10/c1-3-9-6-5-7-10(4-2)8-9/h1,5-8H,4H2,2H3. The van der Waals surface area contributed by atoms with E-state index in [1.807, 2.05) is 18.2 Å². The fourth-order valence-corrected chi connectivity index (χ4v) is 0.881. The lowest BCUT2D eigenvalue weighted by Crippen LogP contribution is -1.80. The lowest BCUT2D eigenvalue weighted by Gasteiger charge is -1.94. The maximum Gasteiger partial charge on any atom is 0.0245 e. The van der Waals surface area contributed by atoms with Crippen LogP contribution in [0.4, 0.5) is 0 Å². The molecule has 0 heterocycles. The first-order valence-corrected chi connectivity index (χ1v) is 3.42. The van der Waals surface area contributed by atoms with E-state index < -0.39 is 0 Å². The number of hydrogen-bond donors (Lipinski definition) is 0. The second kappa shape index (κ2) is 3.08. The SMILES string of the molecule is C#Cc1cccc(CC)c1. The summed E-state index contributed by atoms with van der Waals surface area (Å²) in [6.45, 7) is 2.12. The van der Waals surface area contributed by atoms with Crippen LogP contribution >= 0.6 is 0 Å². The number of terminal acetylenes is 1. The monoisotopic (exact) mass is 130 g/mol. The summed E-state index contributed by atoms with van der Waals surface area (Å²) in [7, 11) is 0. The van der Waals surface area contributed by atoms with E-state index in [1.54, 1.807) is 0 Å². The molecule has 0 atom stereocenters. The Morgan fingerprint density at radius 2 is 2.30 bits per heavy atom. The van der Waals surface area contributed by atoms with Crippen LogP contribution in [-0.4, -0.2) is 0 Å². The minimum Gasteiger partial charge on any atom is -0.115 e. The van der Waals surface area contributed by atoms with Crippen LogP contribution in [-0.2, 0) is 6.42 Å². The van der Waals surface area contributed by atoms with Crippen molar-refractivity contribution in [3.63, 3.8) is 0 Å². The van der Waals surface area contributed by atoms with Gasteiger partial charge in [-0.2, -0.15) is 0 Å². The molecular weight excluding hydrogens is 120 g/mol. The highest BCUT2D eigenvalue weighted by molar-refractivity contribution is 5.35. The molecule has 0 N–H and O–H groups in total. The molecule has 0 bridgehead atoms. The van der Waals surface area contributed by atoms with Crippen molar-refractivity contribution in [2.24, 2.45) is 0 Å². The molecule has 1 rings (SSSR count). The molecule has 50 valence electrons. The van der Waals surface area contributed by atoms with Crippen molar-refractivity contribution in [3.8, 4) is 12.3 Å². The number of aryl methyl sites for hydroxylation is 1. The van der Waals surface area contributed by atoms with E-state index in [0.717, 1.165) is 12.0 Å². The minimum atomic E-state index is 0.972. The molecule has 0 unspecified atom stereocenters. The van der Waals surface area contributed by atoms with Gasteiger partial charge < -0.3 is 0 Å². The van der Waals surface area contributed by atoms with Crippen molar-refractivity contribution in [2.75, 3.05) is 0 Å². The lowest BCUT2D eigenvalue weighted by molar-refractivity contribution is 1.14. The Morgan fingerprint density at radius 3 is 2.90 bits per heavy atom. The van der Waals surface area contributed by atoms with Gasteiger partial charge in [0.15, 0.2) is 0 Å². The second-order valence-corrected chi connectivity index (χ2v) is 2.20. The van der Waals surface area contributed by atoms with E-state index >= 15 is 0 Å². The van der Waals surface area contributed by atoms with Gasteiger partial charge in [-0.15, -0.1) is 6.42 Å². The smallest absolute Gasteiger partial charge is 0.0245 e. The van der Waals surface area contributed by atoms with Crippen LogP contribution in [0.25, 0.3) is 0 Å². The number of benzene rings is 1. The number of hydrogen-bond acceptors (Lipinski definition) is 0. The largest absolute Gasteiger partial charge is 0.115 e. The number of rotatable bonds is 1. The van der Waals surface area contributed by atoms with Gasteiger partial charge in [0.2, 0.25) is 0 Å². The van der Waals surface area contributed by atoms with Crippen molar-refractivity contribution < 1.29 is 0 Å². The Morgan fingerprint density at radius 1 is 1.50 bits per heavy atom. The first kappa shape index (κ1) is 6.89.